The van der Waals surface area contributed by atoms with E-state index in [1.165, 1.54) is 33.4 Å². The number of carboxylic acid groups (broad SMARTS) is 1. The Labute approximate surface area is 149 Å². The number of rotatable bonds is 3. The first-order chi connectivity index (χ1) is 12.1. The van der Waals surface area contributed by atoms with Crippen LogP contribution in [0.15, 0.2) is 42.5 Å². The fraction of sp³-hybridized carbons (Fsp3) is 0.263. The van der Waals surface area contributed by atoms with E-state index in [1.807, 2.05) is 12.1 Å². The fourth-order valence-corrected chi connectivity index (χ4v) is 4.77. The fourth-order valence-electron chi connectivity index (χ4n) is 3.64. The highest BCUT2D eigenvalue weighted by Gasteiger charge is 2.24. The van der Waals surface area contributed by atoms with Crippen molar-refractivity contribution in [2.45, 2.75) is 31.8 Å². The van der Waals surface area contributed by atoms with Gasteiger partial charge in [0.25, 0.3) is 0 Å². The van der Waals surface area contributed by atoms with Crippen LogP contribution in [0.2, 0.25) is 0 Å². The van der Waals surface area contributed by atoms with Gasteiger partial charge < -0.3 is 15.0 Å². The summed E-state index contributed by atoms with van der Waals surface area (Å²) >= 11 is 1.47. The van der Waals surface area contributed by atoms with E-state index in [1.54, 1.807) is 0 Å². The molecule has 3 N–H and O–H groups in total. The summed E-state index contributed by atoms with van der Waals surface area (Å²) in [5.74, 6) is 0. The molecule has 0 radical (unpaired) electrons. The van der Waals surface area contributed by atoms with Crippen LogP contribution in [-0.2, 0) is 19.4 Å². The zero-order chi connectivity index (χ0) is 17.4. The van der Waals surface area contributed by atoms with Crippen LogP contribution in [0.3, 0.4) is 0 Å². The molecule has 4 rings (SSSR count). The van der Waals surface area contributed by atoms with Crippen molar-refractivity contribution >= 4 is 28.2 Å². The number of nitrogens with zero attached hydrogens (tertiary/aromatic N) is 1. The van der Waals surface area contributed by atoms with Crippen LogP contribution in [0.5, 0.6) is 0 Å². The molecule has 128 valence electrons. The number of aromatic nitrogens is 1. The van der Waals surface area contributed by atoms with Gasteiger partial charge in [0.2, 0.25) is 0 Å². The van der Waals surface area contributed by atoms with Gasteiger partial charge in [-0.1, -0.05) is 42.5 Å². The van der Waals surface area contributed by atoms with E-state index < -0.39 is 6.09 Å². The van der Waals surface area contributed by atoms with Gasteiger partial charge in [-0.2, -0.15) is 0 Å². The first-order valence-corrected chi connectivity index (χ1v) is 9.15. The normalized spacial score (nSPS) is 16.6. The van der Waals surface area contributed by atoms with Crippen molar-refractivity contribution in [1.29, 1.82) is 5.41 Å². The van der Waals surface area contributed by atoms with E-state index in [-0.39, 0.29) is 6.04 Å². The molecule has 3 aromatic rings. The molecule has 0 fully saturated rings. The summed E-state index contributed by atoms with van der Waals surface area (Å²) < 4.78 is 2.08. The molecule has 25 heavy (non-hydrogen) atoms. The Bertz CT molecular complexity index is 1000. The summed E-state index contributed by atoms with van der Waals surface area (Å²) in [6.45, 7) is 0.684. The highest BCUT2D eigenvalue weighted by atomic mass is 32.1. The number of nitrogens with one attached hydrogen (secondary N) is 2. The van der Waals surface area contributed by atoms with Gasteiger partial charge in [-0.15, -0.1) is 11.3 Å². The molecule has 0 spiro atoms. The third-order valence-electron chi connectivity index (χ3n) is 4.81. The molecule has 0 saturated heterocycles. The summed E-state index contributed by atoms with van der Waals surface area (Å²) in [5.41, 5.74) is 2.40. The molecule has 2 aromatic carbocycles. The van der Waals surface area contributed by atoms with Crippen molar-refractivity contribution < 1.29 is 9.90 Å². The third kappa shape index (κ3) is 3.05. The Kier molecular flexibility index (Phi) is 4.05. The molecule has 1 atom stereocenters. The molecular formula is C19H19N3O2S. The highest BCUT2D eigenvalue weighted by molar-refractivity contribution is 7.09. The number of benzene rings is 2. The molecular weight excluding hydrogens is 334 g/mol. The SMILES string of the molecule is N=c1sc2c(n1Cc1cccc3ccccc13)CCC(NC(=O)O)C2. The number of carbonyl (C=O) groups is 1. The van der Waals surface area contributed by atoms with Crippen LogP contribution >= 0.6 is 11.3 Å². The van der Waals surface area contributed by atoms with Crippen LogP contribution in [-0.4, -0.2) is 21.8 Å². The van der Waals surface area contributed by atoms with E-state index in [2.05, 4.69) is 40.2 Å². The van der Waals surface area contributed by atoms with E-state index >= 15 is 0 Å². The lowest BCUT2D eigenvalue weighted by atomic mass is 9.97. The number of thiazole rings is 1. The average molecular weight is 353 g/mol. The molecule has 6 heteroatoms. The van der Waals surface area contributed by atoms with Gasteiger partial charge in [-0.3, -0.25) is 5.41 Å². The molecule has 1 aliphatic rings. The Hall–Kier alpha value is -2.60. The zero-order valence-corrected chi connectivity index (χ0v) is 14.5. The van der Waals surface area contributed by atoms with Gasteiger partial charge >= 0.3 is 6.09 Å². The van der Waals surface area contributed by atoms with Crippen molar-refractivity contribution in [2.24, 2.45) is 0 Å². The molecule has 1 unspecified atom stereocenters. The topological polar surface area (TPSA) is 78.1 Å². The lowest BCUT2D eigenvalue weighted by Crippen LogP contribution is -2.38. The maximum Gasteiger partial charge on any atom is 0.404 e. The van der Waals surface area contributed by atoms with Crippen LogP contribution in [0.4, 0.5) is 4.79 Å². The summed E-state index contributed by atoms with van der Waals surface area (Å²) in [6, 6.07) is 14.6. The van der Waals surface area contributed by atoms with Crippen LogP contribution in [0.25, 0.3) is 10.8 Å². The molecule has 0 aliphatic heterocycles. The van der Waals surface area contributed by atoms with Gasteiger partial charge in [0.1, 0.15) is 0 Å². The van der Waals surface area contributed by atoms with Gasteiger partial charge in [-0.25, -0.2) is 4.79 Å². The predicted octanol–water partition coefficient (Wildman–Crippen LogP) is 3.36. The van der Waals surface area contributed by atoms with Crippen molar-refractivity contribution in [2.75, 3.05) is 0 Å². The second-order valence-corrected chi connectivity index (χ2v) is 7.47. The first kappa shape index (κ1) is 15.9. The van der Waals surface area contributed by atoms with Crippen LogP contribution < -0.4 is 10.1 Å². The molecule has 0 saturated carbocycles. The van der Waals surface area contributed by atoms with E-state index in [0.29, 0.717) is 17.8 Å². The quantitative estimate of drug-likeness (QED) is 0.675. The Morgan fingerprint density at radius 2 is 2.08 bits per heavy atom. The van der Waals surface area contributed by atoms with Gasteiger partial charge in [0.05, 0.1) is 6.54 Å². The second kappa shape index (κ2) is 6.37. The lowest BCUT2D eigenvalue weighted by Gasteiger charge is -2.23. The van der Waals surface area contributed by atoms with E-state index in [9.17, 15) is 4.79 Å². The molecule has 1 amide bonds. The Balaban J connectivity index is 1.67. The summed E-state index contributed by atoms with van der Waals surface area (Å²) in [5, 5.41) is 22.3. The minimum Gasteiger partial charge on any atom is -0.465 e. The van der Waals surface area contributed by atoms with Crippen molar-refractivity contribution in [3.63, 3.8) is 0 Å². The van der Waals surface area contributed by atoms with Crippen LogP contribution in [0.1, 0.15) is 22.6 Å². The van der Waals surface area contributed by atoms with Gasteiger partial charge in [-0.05, 0) is 29.2 Å². The second-order valence-electron chi connectivity index (χ2n) is 6.39. The summed E-state index contributed by atoms with van der Waals surface area (Å²) in [7, 11) is 0. The standard InChI is InChI=1S/C19H19N3O2S/c20-18-22(11-13-6-3-5-12-4-1-2-7-15(12)13)16-9-8-14(21-19(23)24)10-17(16)25-18/h1-7,14,20-21H,8-11H2,(H,23,24). The third-order valence-corrected chi connectivity index (χ3v) is 5.87. The lowest BCUT2D eigenvalue weighted by molar-refractivity contribution is 0.188. The number of hydrogen-bond acceptors (Lipinski definition) is 3. The summed E-state index contributed by atoms with van der Waals surface area (Å²) in [6.07, 6.45) is 1.30. The van der Waals surface area contributed by atoms with Gasteiger partial charge in [0, 0.05) is 23.0 Å². The number of fused-ring (bicyclic) bond motifs is 2. The molecule has 0 bridgehead atoms. The number of hydrogen-bond donors (Lipinski definition) is 3. The maximum absolute atomic E-state index is 10.9. The number of amides is 1. The minimum atomic E-state index is -0.972. The largest absolute Gasteiger partial charge is 0.465 e. The Morgan fingerprint density at radius 3 is 2.92 bits per heavy atom. The zero-order valence-electron chi connectivity index (χ0n) is 13.7. The monoisotopic (exact) mass is 353 g/mol. The van der Waals surface area contributed by atoms with E-state index in [0.717, 1.165) is 17.7 Å². The summed E-state index contributed by atoms with van der Waals surface area (Å²) in [4.78, 5) is 12.5. The molecule has 5 nitrogen and oxygen atoms in total. The minimum absolute atomic E-state index is 0.0472. The van der Waals surface area contributed by atoms with Gasteiger partial charge in [0.15, 0.2) is 4.80 Å². The van der Waals surface area contributed by atoms with Crippen LogP contribution in [0, 0.1) is 5.41 Å². The Morgan fingerprint density at radius 1 is 1.28 bits per heavy atom. The van der Waals surface area contributed by atoms with Crippen molar-refractivity contribution in [3.05, 3.63) is 63.4 Å². The van der Waals surface area contributed by atoms with E-state index in [4.69, 9.17) is 10.5 Å². The maximum atomic E-state index is 10.9. The predicted molar refractivity (Wildman–Crippen MR) is 98.2 cm³/mol. The average Bonchev–Trinajstić information content (AvgIpc) is 2.89. The highest BCUT2D eigenvalue weighted by Crippen LogP contribution is 2.26. The molecule has 1 aliphatic carbocycles. The smallest absolute Gasteiger partial charge is 0.404 e. The molecule has 1 aromatic heterocycles. The first-order valence-electron chi connectivity index (χ1n) is 8.34. The molecule has 1 heterocycles. The van der Waals surface area contributed by atoms with Crippen molar-refractivity contribution in [1.82, 2.24) is 9.88 Å². The van der Waals surface area contributed by atoms with Crippen molar-refractivity contribution in [3.8, 4) is 0 Å².